The number of nitrogens with zero attached hydrogens (tertiary/aromatic N) is 2. The molecule has 0 spiro atoms. The highest BCUT2D eigenvalue weighted by atomic mass is 79.9. The van der Waals surface area contributed by atoms with E-state index in [4.69, 9.17) is 23.2 Å². The van der Waals surface area contributed by atoms with Gasteiger partial charge in [-0.25, -0.2) is 5.01 Å². The number of aryl methyl sites for hydroxylation is 1. The molecule has 0 aliphatic carbocycles. The van der Waals surface area contributed by atoms with Crippen molar-refractivity contribution in [3.63, 3.8) is 0 Å². The maximum atomic E-state index is 13.9. The number of amides is 3. The molecule has 4 rings (SSSR count). The van der Waals surface area contributed by atoms with Crippen molar-refractivity contribution in [2.45, 2.75) is 19.9 Å². The monoisotopic (exact) mass is 792 g/mol. The highest BCUT2D eigenvalue weighted by Gasteiger charge is 2.48. The second-order valence-corrected chi connectivity index (χ2v) is 12.1. The summed E-state index contributed by atoms with van der Waals surface area (Å²) in [6, 6.07) is 9.70. The van der Waals surface area contributed by atoms with Crippen molar-refractivity contribution in [2.24, 2.45) is 0 Å². The van der Waals surface area contributed by atoms with Gasteiger partial charge in [0.2, 0.25) is 0 Å². The van der Waals surface area contributed by atoms with E-state index >= 15 is 0 Å². The number of rotatable bonds is 5. The van der Waals surface area contributed by atoms with Crippen LogP contribution < -0.4 is 0 Å². The van der Waals surface area contributed by atoms with Gasteiger partial charge in [-0.3, -0.25) is 19.2 Å². The molecule has 6 nitrogen and oxygen atoms in total. The fraction of sp³-hybridized carbons (Fsp3) is 0.120. The summed E-state index contributed by atoms with van der Waals surface area (Å²) in [6.45, 7) is 3.32. The van der Waals surface area contributed by atoms with Gasteiger partial charge in [0.15, 0.2) is 5.78 Å². The molecule has 37 heavy (non-hydrogen) atoms. The third kappa shape index (κ3) is 4.96. The number of Topliss-reactive ketones (excluding diaryl/α,β-unsaturated/α-hetero) is 1. The van der Waals surface area contributed by atoms with Crippen LogP contribution in [0.15, 0.2) is 60.4 Å². The molecule has 0 N–H and O–H groups in total. The van der Waals surface area contributed by atoms with Gasteiger partial charge >= 0.3 is 0 Å². The zero-order valence-corrected chi connectivity index (χ0v) is 26.8. The normalized spacial score (nSPS) is 13.6. The summed E-state index contributed by atoms with van der Waals surface area (Å²) in [7, 11) is 0. The van der Waals surface area contributed by atoms with Gasteiger partial charge in [-0.15, -0.1) is 0 Å². The lowest BCUT2D eigenvalue weighted by atomic mass is 10.0. The maximum absolute atomic E-state index is 13.9. The van der Waals surface area contributed by atoms with Crippen molar-refractivity contribution < 1.29 is 19.2 Å². The number of hydrazine groups is 1. The largest absolute Gasteiger partial charge is 0.292 e. The van der Waals surface area contributed by atoms with Gasteiger partial charge in [0.1, 0.15) is 6.04 Å². The molecule has 1 atom stereocenters. The zero-order chi connectivity index (χ0) is 27.3. The van der Waals surface area contributed by atoms with E-state index in [2.05, 4.69) is 63.7 Å². The first-order valence-corrected chi connectivity index (χ1v) is 14.4. The van der Waals surface area contributed by atoms with Gasteiger partial charge in [-0.1, -0.05) is 53.0 Å². The molecule has 3 aromatic carbocycles. The molecule has 0 bridgehead atoms. The molecule has 0 fully saturated rings. The van der Waals surface area contributed by atoms with E-state index in [0.29, 0.717) is 33.5 Å². The zero-order valence-electron chi connectivity index (χ0n) is 18.9. The highest BCUT2D eigenvalue weighted by Crippen LogP contribution is 2.46. The average Bonchev–Trinajstić information content (AvgIpc) is 3.11. The molecular formula is C25H14Br4Cl2N2O4. The summed E-state index contributed by atoms with van der Waals surface area (Å²) >= 11 is 25.8. The molecule has 3 aromatic rings. The molecule has 3 amide bonds. The number of benzene rings is 3. The van der Waals surface area contributed by atoms with Crippen molar-refractivity contribution in [3.8, 4) is 0 Å². The van der Waals surface area contributed by atoms with E-state index in [9.17, 15) is 19.2 Å². The molecule has 0 saturated heterocycles. The number of carbonyl (C=O) groups excluding carboxylic acids is 4. The minimum Gasteiger partial charge on any atom is -0.292 e. The van der Waals surface area contributed by atoms with Gasteiger partial charge in [0.05, 0.1) is 21.7 Å². The Bertz CT molecular complexity index is 1460. The van der Waals surface area contributed by atoms with Crippen LogP contribution in [0.25, 0.3) is 0 Å². The van der Waals surface area contributed by atoms with Crippen molar-refractivity contribution in [2.75, 3.05) is 0 Å². The van der Waals surface area contributed by atoms with Crippen LogP contribution in [0.1, 0.15) is 53.9 Å². The third-order valence-electron chi connectivity index (χ3n) is 5.75. The molecule has 1 heterocycles. The van der Waals surface area contributed by atoms with Gasteiger partial charge < -0.3 is 0 Å². The number of carbonyl (C=O) groups is 4. The summed E-state index contributed by atoms with van der Waals surface area (Å²) in [5, 5.41) is 1.83. The van der Waals surface area contributed by atoms with E-state index in [1.54, 1.807) is 24.3 Å². The Labute approximate surface area is 255 Å². The fourth-order valence-electron chi connectivity index (χ4n) is 3.83. The Hall–Kier alpha value is -1.56. The predicted molar refractivity (Wildman–Crippen MR) is 155 cm³/mol. The van der Waals surface area contributed by atoms with Crippen LogP contribution in [0.3, 0.4) is 0 Å². The molecule has 12 heteroatoms. The van der Waals surface area contributed by atoms with Crippen LogP contribution in [-0.2, 0) is 0 Å². The Morgan fingerprint density at radius 3 is 1.84 bits per heavy atom. The Morgan fingerprint density at radius 1 is 0.838 bits per heavy atom. The van der Waals surface area contributed by atoms with E-state index in [1.165, 1.54) is 25.1 Å². The molecule has 190 valence electrons. The number of fused-ring (bicyclic) bond motifs is 1. The smallest absolute Gasteiger partial charge is 0.282 e. The molecule has 0 radical (unpaired) electrons. The second-order valence-electron chi connectivity index (χ2n) is 8.11. The van der Waals surface area contributed by atoms with E-state index in [-0.39, 0.29) is 21.7 Å². The number of halogens is 6. The molecule has 0 unspecified atom stereocenters. The average molecular weight is 797 g/mol. The summed E-state index contributed by atoms with van der Waals surface area (Å²) in [4.78, 5) is 54.9. The van der Waals surface area contributed by atoms with Crippen LogP contribution >= 0.6 is 86.9 Å². The Kier molecular flexibility index (Phi) is 8.38. The first-order chi connectivity index (χ1) is 17.4. The van der Waals surface area contributed by atoms with E-state index in [1.807, 2.05) is 6.92 Å². The first kappa shape index (κ1) is 28.4. The summed E-state index contributed by atoms with van der Waals surface area (Å²) in [6.07, 6.45) is 0. The van der Waals surface area contributed by atoms with Crippen molar-refractivity contribution >= 4 is 110 Å². The third-order valence-corrected chi connectivity index (χ3v) is 11.1. The predicted octanol–water partition coefficient (Wildman–Crippen LogP) is 8.28. The molecule has 0 saturated carbocycles. The van der Waals surface area contributed by atoms with Crippen molar-refractivity contribution in [3.05, 3.63) is 98.2 Å². The first-order valence-electron chi connectivity index (χ1n) is 10.5. The standard InChI is InChI=1S/C25H14Br4Cl2N2O4/c1-10-3-5-12(6-4-10)22(34)11(2)32(23(35)14-8-7-13(30)9-15(14)31)33-24(36)16-17(25(33)37)19(27)21(29)20(28)18(16)26/h3-9,11H,1-2H3/t11-/m1/s1. The Morgan fingerprint density at radius 2 is 1.35 bits per heavy atom. The quantitative estimate of drug-likeness (QED) is 0.113. The Balaban J connectivity index is 1.89. The van der Waals surface area contributed by atoms with Crippen LogP contribution in [0.2, 0.25) is 10.0 Å². The fourth-order valence-corrected chi connectivity index (χ4v) is 6.78. The number of hydrogen-bond donors (Lipinski definition) is 0. The van der Waals surface area contributed by atoms with Crippen LogP contribution in [0.4, 0.5) is 0 Å². The lowest BCUT2D eigenvalue weighted by molar-refractivity contribution is -0.00684. The highest BCUT2D eigenvalue weighted by molar-refractivity contribution is 9.15. The van der Waals surface area contributed by atoms with E-state index in [0.717, 1.165) is 10.6 Å². The second kappa shape index (κ2) is 10.9. The molecular weight excluding hydrogens is 783 g/mol. The summed E-state index contributed by atoms with van der Waals surface area (Å²) < 4.78 is 1.60. The van der Waals surface area contributed by atoms with Gasteiger partial charge in [0.25, 0.3) is 17.7 Å². The molecule has 0 aromatic heterocycles. The number of ketones is 1. The van der Waals surface area contributed by atoms with Gasteiger partial charge in [-0.2, -0.15) is 5.01 Å². The maximum Gasteiger partial charge on any atom is 0.282 e. The van der Waals surface area contributed by atoms with Crippen LogP contribution in [-0.4, -0.2) is 39.6 Å². The minimum atomic E-state index is -1.26. The molecule has 1 aliphatic heterocycles. The minimum absolute atomic E-state index is 0.00180. The topological polar surface area (TPSA) is 74.8 Å². The number of hydrogen-bond acceptors (Lipinski definition) is 4. The van der Waals surface area contributed by atoms with Crippen molar-refractivity contribution in [1.82, 2.24) is 10.0 Å². The van der Waals surface area contributed by atoms with Gasteiger partial charge in [-0.05, 0) is 95.8 Å². The van der Waals surface area contributed by atoms with Crippen LogP contribution in [0, 0.1) is 6.92 Å². The summed E-state index contributed by atoms with van der Waals surface area (Å²) in [5.41, 5.74) is 1.27. The lowest BCUT2D eigenvalue weighted by Gasteiger charge is -2.34. The lowest BCUT2D eigenvalue weighted by Crippen LogP contribution is -2.56. The number of imide groups is 1. The van der Waals surface area contributed by atoms with Crippen molar-refractivity contribution in [1.29, 1.82) is 0 Å². The molecule has 1 aliphatic rings. The SMILES string of the molecule is Cc1ccc(C(=O)[C@@H](C)N(C(=O)c2ccc(Cl)cc2Cl)N2C(=O)c3c(Br)c(Br)c(Br)c(Br)c3C2=O)cc1. The van der Waals surface area contributed by atoms with Gasteiger partial charge in [0, 0.05) is 28.5 Å². The van der Waals surface area contributed by atoms with Crippen LogP contribution in [0.5, 0.6) is 0 Å². The van der Waals surface area contributed by atoms with E-state index < -0.39 is 29.5 Å². The summed E-state index contributed by atoms with van der Waals surface area (Å²) in [5.74, 6) is -2.88.